The first-order valence-corrected chi connectivity index (χ1v) is 9.66. The molecule has 6 heavy (non-hydrogen) atoms. The van der Waals surface area contributed by atoms with Crippen molar-refractivity contribution in [3.05, 3.63) is 0 Å². The lowest BCUT2D eigenvalue weighted by atomic mass is 10.8. The molecule has 0 amide bonds. The van der Waals surface area contributed by atoms with E-state index in [1.165, 1.54) is 0 Å². The van der Waals surface area contributed by atoms with Crippen LogP contribution in [-0.2, 0) is 0 Å². The summed E-state index contributed by atoms with van der Waals surface area (Å²) < 4.78 is 0. The van der Waals surface area contributed by atoms with E-state index in [1.807, 2.05) is 0 Å². The fraction of sp³-hybridized carbons (Fsp3) is 0.333. The molecule has 0 fully saturated rings. The molecule has 0 aliphatic heterocycles. The van der Waals surface area contributed by atoms with Gasteiger partial charge in [0.05, 0.1) is 0 Å². The molecular formula is C3H4BrISi. The molecule has 0 radical (unpaired) electrons. The van der Waals surface area contributed by atoms with E-state index in [4.69, 9.17) is 6.42 Å². The Balaban J connectivity index is 2.88. The molecule has 0 N–H and O–H groups in total. The molecule has 1 atom stereocenters. The Kier molecular flexibility index (Phi) is 4.84. The van der Waals surface area contributed by atoms with Crippen LogP contribution in [0.4, 0.5) is 0 Å². The normalized spacial score (nSPS) is 12.8. The van der Waals surface area contributed by atoms with Crippen LogP contribution in [0, 0.1) is 12.3 Å². The summed E-state index contributed by atoms with van der Waals surface area (Å²) in [5, 5.41) is 0. The van der Waals surface area contributed by atoms with Crippen LogP contribution in [-0.4, -0.2) is 4.91 Å². The molecule has 0 aliphatic carbocycles. The van der Waals surface area contributed by atoms with Gasteiger partial charge in [-0.2, -0.15) is 0 Å². The zero-order valence-electron chi connectivity index (χ0n) is 3.12. The average Bonchev–Trinajstić information content (AvgIpc) is 1.35. The van der Waals surface area contributed by atoms with Gasteiger partial charge >= 0.3 is 0 Å². The lowest BCUT2D eigenvalue weighted by Gasteiger charge is -1.82. The van der Waals surface area contributed by atoms with Crippen LogP contribution >= 0.6 is 37.1 Å². The van der Waals surface area contributed by atoms with Crippen LogP contribution in [0.25, 0.3) is 0 Å². The summed E-state index contributed by atoms with van der Waals surface area (Å²) in [6.07, 6.45) is 4.98. The van der Waals surface area contributed by atoms with E-state index < -0.39 is 4.91 Å². The molecule has 34 valence electrons. The van der Waals surface area contributed by atoms with Gasteiger partial charge in [0.25, 0.3) is 0 Å². The summed E-state index contributed by atoms with van der Waals surface area (Å²) in [5.41, 5.74) is 0. The van der Waals surface area contributed by atoms with Crippen molar-refractivity contribution in [1.82, 2.24) is 0 Å². The molecule has 0 heterocycles. The minimum Gasteiger partial charge on any atom is -0.120 e. The van der Waals surface area contributed by atoms with Crippen molar-refractivity contribution in [3.8, 4) is 12.3 Å². The first-order valence-electron chi connectivity index (χ1n) is 1.49. The molecule has 0 aromatic carbocycles. The average molecular weight is 275 g/mol. The van der Waals surface area contributed by atoms with Crippen molar-refractivity contribution in [1.29, 1.82) is 0 Å². The van der Waals surface area contributed by atoms with E-state index in [-0.39, 0.29) is 0 Å². The van der Waals surface area contributed by atoms with E-state index in [9.17, 15) is 0 Å². The van der Waals surface area contributed by atoms with Gasteiger partial charge in [0.15, 0.2) is 4.91 Å². The summed E-state index contributed by atoms with van der Waals surface area (Å²) >= 11 is 5.77. The zero-order chi connectivity index (χ0) is 4.99. The number of halogens is 2. The maximum atomic E-state index is 4.98. The smallest absolute Gasteiger partial charge is 0.120 e. The highest BCUT2D eigenvalue weighted by molar-refractivity contribution is 14.1. The molecule has 0 nitrogen and oxygen atoms in total. The zero-order valence-corrected chi connectivity index (χ0v) is 8.02. The second-order valence-electron chi connectivity index (χ2n) is 0.799. The van der Waals surface area contributed by atoms with E-state index in [0.29, 0.717) is 0 Å². The second-order valence-corrected chi connectivity index (χ2v) is 15.0. The van der Waals surface area contributed by atoms with Crippen LogP contribution in [0.5, 0.6) is 0 Å². The van der Waals surface area contributed by atoms with Crippen molar-refractivity contribution in [2.75, 3.05) is 0 Å². The van der Waals surface area contributed by atoms with Gasteiger partial charge in [-0.1, -0.05) is 0 Å². The Bertz CT molecular complexity index is 65.7. The van der Waals surface area contributed by atoms with Crippen molar-refractivity contribution in [3.63, 3.8) is 0 Å². The molecule has 0 saturated heterocycles. The highest BCUT2D eigenvalue weighted by Gasteiger charge is 1.92. The molecular weight excluding hydrogens is 271 g/mol. The standard InChI is InChI=1S/C3H4BrISi/c1-2-3-6(4)5/h1,6H,3H2. The minimum atomic E-state index is -0.624. The Hall–Kier alpha value is 0.987. The van der Waals surface area contributed by atoms with Gasteiger partial charge in [-0.05, 0) is 0 Å². The summed E-state index contributed by atoms with van der Waals surface area (Å²) in [6, 6.07) is 0.945. The van der Waals surface area contributed by atoms with Crippen molar-refractivity contribution < 1.29 is 0 Å². The van der Waals surface area contributed by atoms with Crippen LogP contribution in [0.15, 0.2) is 0 Å². The number of rotatable bonds is 1. The molecule has 0 aromatic heterocycles. The SMILES string of the molecule is C#CC[SiH](Br)I. The maximum absolute atomic E-state index is 4.98. The van der Waals surface area contributed by atoms with Gasteiger partial charge in [0.2, 0.25) is 0 Å². The lowest BCUT2D eigenvalue weighted by molar-refractivity contribution is 1.88. The summed E-state index contributed by atoms with van der Waals surface area (Å²) in [7, 11) is 0. The Morgan fingerprint density at radius 3 is 2.50 bits per heavy atom. The molecule has 0 aliphatic rings. The first kappa shape index (κ1) is 6.99. The van der Waals surface area contributed by atoms with E-state index in [0.717, 1.165) is 6.04 Å². The molecule has 0 rings (SSSR count). The highest BCUT2D eigenvalue weighted by Crippen LogP contribution is 2.06. The molecule has 1 unspecified atom stereocenters. The lowest BCUT2D eigenvalue weighted by Crippen LogP contribution is -1.82. The van der Waals surface area contributed by atoms with Gasteiger partial charge in [-0.3, -0.25) is 0 Å². The largest absolute Gasteiger partial charge is 0.193 e. The monoisotopic (exact) mass is 274 g/mol. The third-order valence-electron chi connectivity index (χ3n) is 0.272. The summed E-state index contributed by atoms with van der Waals surface area (Å²) in [5.74, 6) is 2.57. The minimum absolute atomic E-state index is 0.624. The van der Waals surface area contributed by atoms with Crippen molar-refractivity contribution in [2.45, 2.75) is 6.04 Å². The topological polar surface area (TPSA) is 0 Å². The number of hydrogen-bond donors (Lipinski definition) is 0. The summed E-state index contributed by atoms with van der Waals surface area (Å²) in [6.45, 7) is 0. The highest BCUT2D eigenvalue weighted by atomic mass is 127. The predicted octanol–water partition coefficient (Wildman–Crippen LogP) is 1.67. The molecule has 0 saturated carbocycles. The van der Waals surface area contributed by atoms with Gasteiger partial charge in [0, 0.05) is 6.04 Å². The van der Waals surface area contributed by atoms with Crippen LogP contribution in [0.2, 0.25) is 6.04 Å². The Labute approximate surface area is 60.1 Å². The molecule has 3 heteroatoms. The molecule has 0 spiro atoms. The van der Waals surface area contributed by atoms with Gasteiger partial charge in [-0.15, -0.1) is 49.4 Å². The Morgan fingerprint density at radius 1 is 2.00 bits per heavy atom. The van der Waals surface area contributed by atoms with Crippen molar-refractivity contribution >= 4 is 42.0 Å². The first-order chi connectivity index (χ1) is 2.77. The number of hydrogen-bond acceptors (Lipinski definition) is 0. The second kappa shape index (κ2) is 4.15. The third kappa shape index (κ3) is 4.99. The quantitative estimate of drug-likeness (QED) is 0.295. The summed E-state index contributed by atoms with van der Waals surface area (Å²) in [4.78, 5) is -0.624. The molecule has 0 aromatic rings. The molecule has 0 bridgehead atoms. The fourth-order valence-electron chi connectivity index (χ4n) is 0.0891. The van der Waals surface area contributed by atoms with E-state index in [2.05, 4.69) is 43.0 Å². The third-order valence-corrected chi connectivity index (χ3v) is 3.11. The van der Waals surface area contributed by atoms with Gasteiger partial charge in [0.1, 0.15) is 0 Å². The Morgan fingerprint density at radius 2 is 2.50 bits per heavy atom. The predicted molar refractivity (Wildman–Crippen MR) is 43.7 cm³/mol. The number of terminal acetylenes is 1. The van der Waals surface area contributed by atoms with E-state index in [1.54, 1.807) is 0 Å². The van der Waals surface area contributed by atoms with Crippen LogP contribution in [0.3, 0.4) is 0 Å². The maximum Gasteiger partial charge on any atom is 0.193 e. The van der Waals surface area contributed by atoms with Crippen LogP contribution < -0.4 is 0 Å². The van der Waals surface area contributed by atoms with Gasteiger partial charge in [-0.25, -0.2) is 0 Å². The fourth-order valence-corrected chi connectivity index (χ4v) is 1.59. The van der Waals surface area contributed by atoms with Gasteiger partial charge < -0.3 is 0 Å². The van der Waals surface area contributed by atoms with Crippen LogP contribution in [0.1, 0.15) is 0 Å². The van der Waals surface area contributed by atoms with Crippen molar-refractivity contribution in [2.24, 2.45) is 0 Å². The van der Waals surface area contributed by atoms with E-state index >= 15 is 0 Å².